The quantitative estimate of drug-likeness (QED) is 0.566. The van der Waals surface area contributed by atoms with Gasteiger partial charge in [-0.3, -0.25) is 8.98 Å². The highest BCUT2D eigenvalue weighted by atomic mass is 32.2. The lowest BCUT2D eigenvalue weighted by molar-refractivity contribution is -0.121. The van der Waals surface area contributed by atoms with E-state index in [1.54, 1.807) is 6.92 Å². The third-order valence-corrected chi connectivity index (χ3v) is 4.94. The van der Waals surface area contributed by atoms with E-state index in [9.17, 15) is 13.2 Å². The highest BCUT2D eigenvalue weighted by Crippen LogP contribution is 2.36. The second-order valence-corrected chi connectivity index (χ2v) is 6.00. The largest absolute Gasteiger partial charge is 0.300 e. The first kappa shape index (κ1) is 10.1. The van der Waals surface area contributed by atoms with Crippen molar-refractivity contribution >= 4 is 15.9 Å². The van der Waals surface area contributed by atoms with Crippen molar-refractivity contribution in [3.05, 3.63) is 0 Å². The van der Waals surface area contributed by atoms with Gasteiger partial charge in [0.05, 0.1) is 11.4 Å². The number of hydrogen-bond donors (Lipinski definition) is 0. The van der Waals surface area contributed by atoms with Crippen LogP contribution in [0.25, 0.3) is 0 Å². The molecule has 1 aliphatic heterocycles. The van der Waals surface area contributed by atoms with E-state index in [2.05, 4.69) is 0 Å². The molecule has 0 bridgehead atoms. The first-order valence-electron chi connectivity index (χ1n) is 4.93. The molecule has 3 atom stereocenters. The van der Waals surface area contributed by atoms with Crippen LogP contribution >= 0.6 is 0 Å². The maximum Gasteiger partial charge on any atom is 0.271 e. The second kappa shape index (κ2) is 3.31. The van der Waals surface area contributed by atoms with Gasteiger partial charge >= 0.3 is 0 Å². The Morgan fingerprint density at radius 2 is 2.14 bits per heavy atom. The first-order chi connectivity index (χ1) is 6.49. The van der Waals surface area contributed by atoms with Gasteiger partial charge in [-0.1, -0.05) is 0 Å². The Hall–Kier alpha value is -0.420. The van der Waals surface area contributed by atoms with E-state index in [0.717, 1.165) is 6.42 Å². The lowest BCUT2D eigenvalue weighted by atomic mass is 9.84. The topological polar surface area (TPSA) is 60.4 Å². The van der Waals surface area contributed by atoms with Gasteiger partial charge in [0.2, 0.25) is 0 Å². The van der Waals surface area contributed by atoms with Crippen molar-refractivity contribution in [1.82, 2.24) is 0 Å². The molecule has 0 amide bonds. The summed E-state index contributed by atoms with van der Waals surface area (Å²) < 4.78 is 28.1. The number of carbonyl (C=O) groups excluding carboxylic acids is 1. The van der Waals surface area contributed by atoms with E-state index >= 15 is 0 Å². The van der Waals surface area contributed by atoms with Gasteiger partial charge < -0.3 is 0 Å². The predicted molar refractivity (Wildman–Crippen MR) is 50.2 cm³/mol. The summed E-state index contributed by atoms with van der Waals surface area (Å²) in [6.45, 7) is 1.77. The molecular formula is C9H14O4S. The van der Waals surface area contributed by atoms with E-state index in [1.165, 1.54) is 0 Å². The maximum atomic E-state index is 11.6. The highest BCUT2D eigenvalue weighted by molar-refractivity contribution is 7.87. The molecule has 0 unspecified atom stereocenters. The number of fused-ring (bicyclic) bond motifs is 1. The van der Waals surface area contributed by atoms with Crippen molar-refractivity contribution in [2.24, 2.45) is 5.92 Å². The molecular weight excluding hydrogens is 204 g/mol. The summed E-state index contributed by atoms with van der Waals surface area (Å²) in [5, 5.41) is -0.569. The molecule has 0 radical (unpaired) electrons. The summed E-state index contributed by atoms with van der Waals surface area (Å²) in [6.07, 6.45) is 1.92. The summed E-state index contributed by atoms with van der Waals surface area (Å²) in [6, 6.07) is 0. The van der Waals surface area contributed by atoms with Crippen LogP contribution in [-0.4, -0.2) is 25.6 Å². The van der Waals surface area contributed by atoms with Crippen LogP contribution in [0.4, 0.5) is 0 Å². The van der Waals surface area contributed by atoms with Gasteiger partial charge in [-0.05, 0) is 25.7 Å². The fraction of sp³-hybridized carbons (Fsp3) is 0.889. The Morgan fingerprint density at radius 3 is 2.86 bits per heavy atom. The number of rotatable bonds is 0. The van der Waals surface area contributed by atoms with Crippen LogP contribution in [0.5, 0.6) is 0 Å². The Bertz CT molecular complexity index is 346. The van der Waals surface area contributed by atoms with Crippen molar-refractivity contribution in [2.75, 3.05) is 0 Å². The van der Waals surface area contributed by atoms with Gasteiger partial charge in [-0.15, -0.1) is 0 Å². The second-order valence-electron chi connectivity index (χ2n) is 4.22. The fourth-order valence-electron chi connectivity index (χ4n) is 2.40. The number of ketones is 1. The normalized spacial score (nSPS) is 41.8. The molecule has 0 aromatic rings. The molecule has 1 aliphatic carbocycles. The summed E-state index contributed by atoms with van der Waals surface area (Å²) in [5.74, 6) is 0.175. The van der Waals surface area contributed by atoms with Crippen molar-refractivity contribution in [3.8, 4) is 0 Å². The summed E-state index contributed by atoms with van der Waals surface area (Å²) >= 11 is 0. The van der Waals surface area contributed by atoms with E-state index in [-0.39, 0.29) is 24.2 Å². The Morgan fingerprint density at radius 1 is 1.43 bits per heavy atom. The SMILES string of the molecule is C[C@@H]1C[C@@H]2CCC(=O)C[C@@H]2S(=O)(=O)O1. The Labute approximate surface area is 83.8 Å². The zero-order valence-electron chi connectivity index (χ0n) is 8.10. The van der Waals surface area contributed by atoms with Crippen LogP contribution in [0.15, 0.2) is 0 Å². The summed E-state index contributed by atoms with van der Waals surface area (Å²) in [4.78, 5) is 11.2. The predicted octanol–water partition coefficient (Wildman–Crippen LogP) is 0.863. The number of hydrogen-bond acceptors (Lipinski definition) is 4. The molecule has 2 rings (SSSR count). The van der Waals surface area contributed by atoms with Crippen LogP contribution < -0.4 is 0 Å². The number of carbonyl (C=O) groups is 1. The molecule has 1 heterocycles. The molecule has 80 valence electrons. The molecule has 14 heavy (non-hydrogen) atoms. The van der Waals surface area contributed by atoms with Gasteiger partial charge in [-0.25, -0.2) is 0 Å². The van der Waals surface area contributed by atoms with E-state index in [4.69, 9.17) is 4.18 Å². The van der Waals surface area contributed by atoms with Gasteiger partial charge in [-0.2, -0.15) is 8.42 Å². The van der Waals surface area contributed by atoms with Crippen LogP contribution in [0, 0.1) is 5.92 Å². The fourth-order valence-corrected chi connectivity index (χ4v) is 4.19. The van der Waals surface area contributed by atoms with Crippen molar-refractivity contribution in [3.63, 3.8) is 0 Å². The smallest absolute Gasteiger partial charge is 0.271 e. The molecule has 0 spiro atoms. The van der Waals surface area contributed by atoms with Crippen LogP contribution in [0.1, 0.15) is 32.6 Å². The number of Topliss-reactive ketones (excluding diaryl/α,β-unsaturated/α-hetero) is 1. The zero-order valence-corrected chi connectivity index (χ0v) is 8.92. The van der Waals surface area contributed by atoms with Crippen molar-refractivity contribution in [2.45, 2.75) is 44.0 Å². The average molecular weight is 218 g/mol. The minimum absolute atomic E-state index is 0.0491. The lowest BCUT2D eigenvalue weighted by Gasteiger charge is -2.36. The Kier molecular flexibility index (Phi) is 2.39. The molecule has 2 fully saturated rings. The molecule has 5 heteroatoms. The van der Waals surface area contributed by atoms with E-state index < -0.39 is 15.4 Å². The van der Waals surface area contributed by atoms with Crippen LogP contribution in [0.3, 0.4) is 0 Å². The standard InChI is InChI=1S/C9H14O4S/c1-6-4-7-2-3-8(10)5-9(7)14(11,12)13-6/h6-7,9H,2-5H2,1H3/t6-,7+,9+/m1/s1. The minimum Gasteiger partial charge on any atom is -0.300 e. The molecule has 2 aliphatic rings. The zero-order chi connectivity index (χ0) is 10.3. The highest BCUT2D eigenvalue weighted by Gasteiger charge is 2.44. The van der Waals surface area contributed by atoms with E-state index in [0.29, 0.717) is 12.8 Å². The molecule has 4 nitrogen and oxygen atoms in total. The third kappa shape index (κ3) is 1.70. The van der Waals surface area contributed by atoms with Gasteiger partial charge in [0.1, 0.15) is 5.78 Å². The summed E-state index contributed by atoms with van der Waals surface area (Å²) in [5.41, 5.74) is 0. The van der Waals surface area contributed by atoms with Gasteiger partial charge in [0.25, 0.3) is 10.1 Å². The Balaban J connectivity index is 2.25. The minimum atomic E-state index is -3.49. The summed E-state index contributed by atoms with van der Waals surface area (Å²) in [7, 11) is -3.49. The van der Waals surface area contributed by atoms with Gasteiger partial charge in [0, 0.05) is 12.8 Å². The van der Waals surface area contributed by atoms with Crippen LogP contribution in [0.2, 0.25) is 0 Å². The van der Waals surface area contributed by atoms with Crippen LogP contribution in [-0.2, 0) is 19.1 Å². The lowest BCUT2D eigenvalue weighted by Crippen LogP contribution is -2.44. The molecule has 0 aromatic carbocycles. The molecule has 1 saturated carbocycles. The third-order valence-electron chi connectivity index (χ3n) is 3.05. The molecule has 1 saturated heterocycles. The van der Waals surface area contributed by atoms with Gasteiger partial charge in [0.15, 0.2) is 0 Å². The average Bonchev–Trinajstić information content (AvgIpc) is 2.05. The van der Waals surface area contributed by atoms with Crippen molar-refractivity contribution in [1.29, 1.82) is 0 Å². The first-order valence-corrected chi connectivity index (χ1v) is 6.40. The monoisotopic (exact) mass is 218 g/mol. The van der Waals surface area contributed by atoms with Crippen molar-refractivity contribution < 1.29 is 17.4 Å². The molecule has 0 aromatic heterocycles. The maximum absolute atomic E-state index is 11.6. The van der Waals surface area contributed by atoms with E-state index in [1.807, 2.05) is 0 Å². The molecule has 0 N–H and O–H groups in total.